The molecule has 0 saturated carbocycles. The molecule has 0 unspecified atom stereocenters. The molecule has 0 saturated heterocycles. The van der Waals surface area contributed by atoms with E-state index in [1.807, 2.05) is 6.20 Å². The van der Waals surface area contributed by atoms with Crippen LogP contribution in [0.4, 0.5) is 5.82 Å². The summed E-state index contributed by atoms with van der Waals surface area (Å²) in [6.07, 6.45) is 5.76. The number of halogens is 1. The van der Waals surface area contributed by atoms with Crippen molar-refractivity contribution < 1.29 is 0 Å². The van der Waals surface area contributed by atoms with Gasteiger partial charge in [0, 0.05) is 25.1 Å². The number of alkyl halides is 1. The summed E-state index contributed by atoms with van der Waals surface area (Å²) < 4.78 is 0. The fraction of sp³-hybridized carbons (Fsp3) is 0.667. The van der Waals surface area contributed by atoms with Crippen LogP contribution in [0.15, 0.2) is 18.3 Å². The fourth-order valence-corrected chi connectivity index (χ4v) is 2.19. The van der Waals surface area contributed by atoms with E-state index < -0.39 is 0 Å². The maximum Gasteiger partial charge on any atom is 0.128 e. The average Bonchev–Trinajstić information content (AvgIpc) is 2.33. The van der Waals surface area contributed by atoms with Gasteiger partial charge >= 0.3 is 0 Å². The average molecular weight is 313 g/mol. The first-order chi connectivity index (χ1) is 8.45. The molecular weight excluding hydrogens is 288 g/mol. The number of nitrogens with zero attached hydrogens (tertiary/aromatic N) is 2. The lowest BCUT2D eigenvalue weighted by Crippen LogP contribution is -2.20. The smallest absolute Gasteiger partial charge is 0.128 e. The second kappa shape index (κ2) is 7.13. The molecule has 0 aromatic carbocycles. The van der Waals surface area contributed by atoms with Crippen molar-refractivity contribution in [1.29, 1.82) is 0 Å². The van der Waals surface area contributed by atoms with E-state index in [1.54, 1.807) is 0 Å². The molecule has 0 aliphatic carbocycles. The molecule has 0 fully saturated rings. The normalized spacial score (nSPS) is 11.6. The van der Waals surface area contributed by atoms with E-state index in [0.717, 1.165) is 17.7 Å². The Morgan fingerprint density at radius 3 is 2.39 bits per heavy atom. The van der Waals surface area contributed by atoms with Gasteiger partial charge in [0.05, 0.1) is 0 Å². The number of unbranched alkanes of at least 4 members (excludes halogenated alkanes) is 2. The molecule has 0 N–H and O–H groups in total. The molecule has 1 rings (SSSR count). The van der Waals surface area contributed by atoms with Crippen molar-refractivity contribution in [3.8, 4) is 0 Å². The molecule has 0 aliphatic heterocycles. The predicted octanol–water partition coefficient (Wildman–Crippen LogP) is 4.38. The van der Waals surface area contributed by atoms with Crippen molar-refractivity contribution in [3.63, 3.8) is 0 Å². The summed E-state index contributed by atoms with van der Waals surface area (Å²) in [5.41, 5.74) is 1.47. The van der Waals surface area contributed by atoms with Gasteiger partial charge in [-0.2, -0.15) is 0 Å². The number of anilines is 1. The largest absolute Gasteiger partial charge is 0.360 e. The van der Waals surface area contributed by atoms with Gasteiger partial charge in [-0.05, 0) is 29.9 Å². The minimum atomic E-state index is 0.181. The summed E-state index contributed by atoms with van der Waals surface area (Å²) >= 11 is 3.46. The van der Waals surface area contributed by atoms with Gasteiger partial charge in [0.25, 0.3) is 0 Å². The van der Waals surface area contributed by atoms with Crippen molar-refractivity contribution in [2.75, 3.05) is 23.8 Å². The van der Waals surface area contributed by atoms with Crippen LogP contribution < -0.4 is 4.90 Å². The molecule has 0 aliphatic rings. The predicted molar refractivity (Wildman–Crippen MR) is 83.9 cm³/mol. The number of pyridine rings is 1. The Balaban J connectivity index is 2.51. The lowest BCUT2D eigenvalue weighted by atomic mass is 9.88. The summed E-state index contributed by atoms with van der Waals surface area (Å²) in [6.45, 7) is 7.73. The van der Waals surface area contributed by atoms with Gasteiger partial charge < -0.3 is 4.90 Å². The molecule has 1 heterocycles. The van der Waals surface area contributed by atoms with Gasteiger partial charge in [-0.25, -0.2) is 4.98 Å². The molecular formula is C15H25BrN2. The molecule has 102 valence electrons. The van der Waals surface area contributed by atoms with Crippen molar-refractivity contribution in [1.82, 2.24) is 4.98 Å². The Morgan fingerprint density at radius 1 is 1.17 bits per heavy atom. The SMILES string of the molecule is CN(CCCCCBr)c1ccc(C(C)(C)C)cn1. The molecule has 0 bridgehead atoms. The first-order valence-electron chi connectivity index (χ1n) is 6.69. The van der Waals surface area contributed by atoms with Gasteiger partial charge in [-0.3, -0.25) is 0 Å². The van der Waals surface area contributed by atoms with E-state index in [-0.39, 0.29) is 5.41 Å². The Bertz CT molecular complexity index is 341. The van der Waals surface area contributed by atoms with Crippen LogP contribution in [0.25, 0.3) is 0 Å². The minimum Gasteiger partial charge on any atom is -0.360 e. The quantitative estimate of drug-likeness (QED) is 0.572. The Kier molecular flexibility index (Phi) is 6.13. The molecule has 0 radical (unpaired) electrons. The number of hydrogen-bond acceptors (Lipinski definition) is 2. The Labute approximate surface area is 120 Å². The monoisotopic (exact) mass is 312 g/mol. The zero-order chi connectivity index (χ0) is 13.6. The zero-order valence-corrected chi connectivity index (χ0v) is 13.6. The van der Waals surface area contributed by atoms with Crippen molar-refractivity contribution in [2.45, 2.75) is 45.4 Å². The highest BCUT2D eigenvalue weighted by molar-refractivity contribution is 9.09. The van der Waals surface area contributed by atoms with E-state index in [0.29, 0.717) is 0 Å². The van der Waals surface area contributed by atoms with Crippen LogP contribution in [0.2, 0.25) is 0 Å². The number of hydrogen-bond donors (Lipinski definition) is 0. The van der Waals surface area contributed by atoms with Crippen LogP contribution in [-0.2, 0) is 5.41 Å². The maximum atomic E-state index is 4.56. The highest BCUT2D eigenvalue weighted by Gasteiger charge is 2.14. The third-order valence-electron chi connectivity index (χ3n) is 3.13. The molecule has 1 aromatic heterocycles. The third-order valence-corrected chi connectivity index (χ3v) is 3.69. The summed E-state index contributed by atoms with van der Waals surface area (Å²) in [5.74, 6) is 1.07. The number of aromatic nitrogens is 1. The number of rotatable bonds is 6. The molecule has 0 amide bonds. The summed E-state index contributed by atoms with van der Waals surface area (Å²) in [7, 11) is 2.12. The molecule has 1 aromatic rings. The van der Waals surface area contributed by atoms with Crippen LogP contribution in [0, 0.1) is 0 Å². The molecule has 0 spiro atoms. The summed E-state index contributed by atoms with van der Waals surface area (Å²) in [4.78, 5) is 6.80. The van der Waals surface area contributed by atoms with Gasteiger partial charge in [0.2, 0.25) is 0 Å². The molecule has 3 heteroatoms. The third kappa shape index (κ3) is 4.97. The van der Waals surface area contributed by atoms with E-state index >= 15 is 0 Å². The summed E-state index contributed by atoms with van der Waals surface area (Å²) in [5, 5.41) is 1.11. The van der Waals surface area contributed by atoms with Gasteiger partial charge in [-0.15, -0.1) is 0 Å². The van der Waals surface area contributed by atoms with E-state index in [2.05, 4.69) is 65.8 Å². The van der Waals surface area contributed by atoms with Gasteiger partial charge in [-0.1, -0.05) is 49.2 Å². The van der Waals surface area contributed by atoms with Crippen molar-refractivity contribution >= 4 is 21.7 Å². The van der Waals surface area contributed by atoms with E-state index in [9.17, 15) is 0 Å². The van der Waals surface area contributed by atoms with Crippen LogP contribution in [0.3, 0.4) is 0 Å². The van der Waals surface area contributed by atoms with Crippen LogP contribution in [0.1, 0.15) is 45.6 Å². The van der Waals surface area contributed by atoms with Crippen LogP contribution in [-0.4, -0.2) is 23.9 Å². The molecule has 18 heavy (non-hydrogen) atoms. The van der Waals surface area contributed by atoms with E-state index in [4.69, 9.17) is 0 Å². The second-order valence-electron chi connectivity index (χ2n) is 5.83. The van der Waals surface area contributed by atoms with Crippen LogP contribution in [0.5, 0.6) is 0 Å². The molecule has 2 nitrogen and oxygen atoms in total. The minimum absolute atomic E-state index is 0.181. The standard InChI is InChI=1S/C15H25BrN2/c1-15(2,3)13-8-9-14(17-12-13)18(4)11-7-5-6-10-16/h8-9,12H,5-7,10-11H2,1-4H3. The first kappa shape index (κ1) is 15.5. The van der Waals surface area contributed by atoms with Crippen molar-refractivity contribution in [3.05, 3.63) is 23.9 Å². The molecule has 0 atom stereocenters. The van der Waals surface area contributed by atoms with Crippen molar-refractivity contribution in [2.24, 2.45) is 0 Å². The summed E-state index contributed by atoms with van der Waals surface area (Å²) in [6, 6.07) is 4.32. The zero-order valence-electron chi connectivity index (χ0n) is 12.0. The lowest BCUT2D eigenvalue weighted by Gasteiger charge is -2.21. The maximum absolute atomic E-state index is 4.56. The van der Waals surface area contributed by atoms with E-state index in [1.165, 1.54) is 24.8 Å². The highest BCUT2D eigenvalue weighted by Crippen LogP contribution is 2.22. The van der Waals surface area contributed by atoms with Gasteiger partial charge in [0.1, 0.15) is 5.82 Å². The Hall–Kier alpha value is -0.570. The Morgan fingerprint density at radius 2 is 1.89 bits per heavy atom. The topological polar surface area (TPSA) is 16.1 Å². The first-order valence-corrected chi connectivity index (χ1v) is 7.81. The highest BCUT2D eigenvalue weighted by atomic mass is 79.9. The fourth-order valence-electron chi connectivity index (χ4n) is 1.79. The second-order valence-corrected chi connectivity index (χ2v) is 6.62. The van der Waals surface area contributed by atoms with Crippen LogP contribution >= 0.6 is 15.9 Å². The van der Waals surface area contributed by atoms with Gasteiger partial charge in [0.15, 0.2) is 0 Å². The lowest BCUT2D eigenvalue weighted by molar-refractivity contribution is 0.587.